The van der Waals surface area contributed by atoms with Gasteiger partial charge in [0.05, 0.1) is 6.20 Å². The Balaban J connectivity index is 1.74. The van der Waals surface area contributed by atoms with Crippen molar-refractivity contribution in [3.63, 3.8) is 0 Å². The lowest BCUT2D eigenvalue weighted by atomic mass is 10.2. The number of benzene rings is 1. The van der Waals surface area contributed by atoms with Crippen LogP contribution in [0.2, 0.25) is 0 Å². The molecule has 1 atom stereocenters. The van der Waals surface area contributed by atoms with E-state index in [0.29, 0.717) is 31.0 Å². The Hall–Kier alpha value is -2.57. The van der Waals surface area contributed by atoms with Crippen molar-refractivity contribution >= 4 is 17.5 Å². The number of anilines is 3. The molecule has 1 aliphatic rings. The van der Waals surface area contributed by atoms with Crippen molar-refractivity contribution in [3.05, 3.63) is 24.4 Å². The van der Waals surface area contributed by atoms with Gasteiger partial charge in [0, 0.05) is 17.8 Å². The molecular weight excluding hydrogens is 282 g/mol. The fourth-order valence-electron chi connectivity index (χ4n) is 2.03. The van der Waals surface area contributed by atoms with E-state index < -0.39 is 0 Å². The van der Waals surface area contributed by atoms with Crippen LogP contribution in [0, 0.1) is 0 Å². The van der Waals surface area contributed by atoms with Crippen molar-refractivity contribution in [3.8, 4) is 11.5 Å². The molecule has 22 heavy (non-hydrogen) atoms. The third-order valence-corrected chi connectivity index (χ3v) is 3.36. The first-order chi connectivity index (χ1) is 10.7. The molecule has 116 valence electrons. The van der Waals surface area contributed by atoms with E-state index >= 15 is 0 Å². The van der Waals surface area contributed by atoms with Gasteiger partial charge in [-0.2, -0.15) is 10.1 Å². The van der Waals surface area contributed by atoms with Gasteiger partial charge in [0.15, 0.2) is 17.3 Å². The molecule has 7 nitrogen and oxygen atoms in total. The quantitative estimate of drug-likeness (QED) is 0.878. The molecule has 0 spiro atoms. The minimum atomic E-state index is 0.332. The van der Waals surface area contributed by atoms with Crippen LogP contribution in [0.3, 0.4) is 0 Å². The Morgan fingerprint density at radius 1 is 1.23 bits per heavy atom. The fraction of sp³-hybridized carbons (Fsp3) is 0.400. The smallest absolute Gasteiger partial charge is 0.249 e. The molecule has 0 saturated heterocycles. The highest BCUT2D eigenvalue weighted by Crippen LogP contribution is 2.33. The maximum Gasteiger partial charge on any atom is 0.249 e. The fourth-order valence-corrected chi connectivity index (χ4v) is 2.03. The van der Waals surface area contributed by atoms with Gasteiger partial charge in [0.2, 0.25) is 5.95 Å². The lowest BCUT2D eigenvalue weighted by Crippen LogP contribution is -2.16. The first-order valence-electron chi connectivity index (χ1n) is 7.37. The Morgan fingerprint density at radius 3 is 2.86 bits per heavy atom. The van der Waals surface area contributed by atoms with Crippen molar-refractivity contribution in [1.29, 1.82) is 0 Å². The Morgan fingerprint density at radius 2 is 2.05 bits per heavy atom. The van der Waals surface area contributed by atoms with Crippen molar-refractivity contribution in [1.82, 2.24) is 15.2 Å². The van der Waals surface area contributed by atoms with Gasteiger partial charge in [-0.05, 0) is 25.5 Å². The number of rotatable bonds is 5. The zero-order valence-corrected chi connectivity index (χ0v) is 12.7. The highest BCUT2D eigenvalue weighted by Gasteiger charge is 2.12. The lowest BCUT2D eigenvalue weighted by Gasteiger charge is -2.19. The second-order valence-corrected chi connectivity index (χ2v) is 5.10. The molecule has 2 N–H and O–H groups in total. The van der Waals surface area contributed by atoms with Crippen molar-refractivity contribution in [2.45, 2.75) is 26.3 Å². The van der Waals surface area contributed by atoms with Crippen LogP contribution in [-0.4, -0.2) is 34.4 Å². The second-order valence-electron chi connectivity index (χ2n) is 5.10. The van der Waals surface area contributed by atoms with Gasteiger partial charge >= 0.3 is 0 Å². The maximum atomic E-state index is 5.56. The third kappa shape index (κ3) is 3.36. The van der Waals surface area contributed by atoms with Crippen molar-refractivity contribution < 1.29 is 9.47 Å². The number of nitrogens with one attached hydrogen (secondary N) is 2. The van der Waals surface area contributed by atoms with Gasteiger partial charge in [0.25, 0.3) is 0 Å². The summed E-state index contributed by atoms with van der Waals surface area (Å²) in [6, 6.07) is 5.96. The monoisotopic (exact) mass is 301 g/mol. The molecule has 1 aliphatic heterocycles. The number of aromatic nitrogens is 3. The SMILES string of the molecule is CCC(C)Nc1cnnc(Nc2ccc3c(c2)OCCO3)n1. The average molecular weight is 301 g/mol. The largest absolute Gasteiger partial charge is 0.486 e. The number of hydrogen-bond donors (Lipinski definition) is 2. The highest BCUT2D eigenvalue weighted by molar-refractivity contribution is 5.60. The van der Waals surface area contributed by atoms with Crippen molar-refractivity contribution in [2.24, 2.45) is 0 Å². The number of hydrogen-bond acceptors (Lipinski definition) is 7. The molecule has 0 saturated carbocycles. The normalized spacial score (nSPS) is 14.3. The Kier molecular flexibility index (Phi) is 4.22. The van der Waals surface area contributed by atoms with Crippen LogP contribution < -0.4 is 20.1 Å². The summed E-state index contributed by atoms with van der Waals surface area (Å²) < 4.78 is 11.1. The van der Waals surface area contributed by atoms with Gasteiger partial charge in [-0.1, -0.05) is 6.92 Å². The molecule has 2 heterocycles. The molecule has 1 unspecified atom stereocenters. The molecule has 0 bridgehead atoms. The van der Waals surface area contributed by atoms with E-state index in [0.717, 1.165) is 23.6 Å². The Bertz CT molecular complexity index is 650. The molecule has 1 aromatic carbocycles. The molecule has 0 radical (unpaired) electrons. The Labute approximate surface area is 129 Å². The molecule has 0 amide bonds. The van der Waals surface area contributed by atoms with Crippen LogP contribution in [0.15, 0.2) is 24.4 Å². The summed E-state index contributed by atoms with van der Waals surface area (Å²) in [5.74, 6) is 2.61. The summed E-state index contributed by atoms with van der Waals surface area (Å²) in [4.78, 5) is 4.40. The van der Waals surface area contributed by atoms with E-state index in [1.807, 2.05) is 18.2 Å². The molecule has 0 fully saturated rings. The zero-order chi connectivity index (χ0) is 15.4. The van der Waals surface area contributed by atoms with Gasteiger partial charge in [-0.25, -0.2) is 0 Å². The van der Waals surface area contributed by atoms with E-state index in [2.05, 4.69) is 39.7 Å². The molecule has 1 aromatic heterocycles. The molecule has 2 aromatic rings. The van der Waals surface area contributed by atoms with E-state index in [1.165, 1.54) is 0 Å². The number of nitrogens with zero attached hydrogens (tertiary/aromatic N) is 3. The van der Waals surface area contributed by atoms with Crippen LogP contribution in [0.25, 0.3) is 0 Å². The predicted molar refractivity (Wildman–Crippen MR) is 83.9 cm³/mol. The summed E-state index contributed by atoms with van der Waals surface area (Å²) in [5, 5.41) is 14.4. The minimum Gasteiger partial charge on any atom is -0.486 e. The van der Waals surface area contributed by atoms with Crippen LogP contribution >= 0.6 is 0 Å². The van der Waals surface area contributed by atoms with Gasteiger partial charge in [0.1, 0.15) is 13.2 Å². The number of ether oxygens (including phenoxy) is 2. The summed E-state index contributed by atoms with van der Waals surface area (Å²) in [6.45, 7) is 5.34. The highest BCUT2D eigenvalue weighted by atomic mass is 16.6. The standard InChI is InChI=1S/C15H19N5O2/c1-3-10(2)17-14-9-16-20-15(19-14)18-11-4-5-12-13(8-11)22-7-6-21-12/h4-5,8-10H,3,6-7H2,1-2H3,(H2,17,18,19,20). The summed E-state index contributed by atoms with van der Waals surface area (Å²) in [6.07, 6.45) is 2.62. The topological polar surface area (TPSA) is 81.2 Å². The lowest BCUT2D eigenvalue weighted by molar-refractivity contribution is 0.171. The minimum absolute atomic E-state index is 0.332. The van der Waals surface area contributed by atoms with E-state index in [9.17, 15) is 0 Å². The van der Waals surface area contributed by atoms with Crippen LogP contribution in [0.5, 0.6) is 11.5 Å². The zero-order valence-electron chi connectivity index (χ0n) is 12.7. The van der Waals surface area contributed by atoms with E-state index in [1.54, 1.807) is 6.20 Å². The first kappa shape index (κ1) is 14.4. The number of fused-ring (bicyclic) bond motifs is 1. The predicted octanol–water partition coefficient (Wildman–Crippen LogP) is 2.60. The summed E-state index contributed by atoms with van der Waals surface area (Å²) >= 11 is 0. The van der Waals surface area contributed by atoms with E-state index in [-0.39, 0.29) is 0 Å². The molecule has 7 heteroatoms. The van der Waals surface area contributed by atoms with Gasteiger partial charge < -0.3 is 20.1 Å². The third-order valence-electron chi connectivity index (χ3n) is 3.36. The second kappa shape index (κ2) is 6.46. The molecule has 0 aliphatic carbocycles. The van der Waals surface area contributed by atoms with Crippen LogP contribution in [0.4, 0.5) is 17.5 Å². The molecular formula is C15H19N5O2. The van der Waals surface area contributed by atoms with Crippen LogP contribution in [-0.2, 0) is 0 Å². The summed E-state index contributed by atoms with van der Waals surface area (Å²) in [7, 11) is 0. The summed E-state index contributed by atoms with van der Waals surface area (Å²) in [5.41, 5.74) is 0.826. The maximum absolute atomic E-state index is 5.56. The van der Waals surface area contributed by atoms with Crippen molar-refractivity contribution in [2.75, 3.05) is 23.8 Å². The molecule has 3 rings (SSSR count). The van der Waals surface area contributed by atoms with E-state index in [4.69, 9.17) is 9.47 Å². The average Bonchev–Trinajstić information content (AvgIpc) is 2.55. The first-order valence-corrected chi connectivity index (χ1v) is 7.37. The van der Waals surface area contributed by atoms with Gasteiger partial charge in [-0.3, -0.25) is 0 Å². The van der Waals surface area contributed by atoms with Gasteiger partial charge in [-0.15, -0.1) is 5.10 Å². The van der Waals surface area contributed by atoms with Crippen LogP contribution in [0.1, 0.15) is 20.3 Å².